The van der Waals surface area contributed by atoms with E-state index in [1.807, 2.05) is 26.0 Å². The molecule has 0 aromatic heterocycles. The number of rotatable bonds is 26. The number of methoxy groups -OCH3 is 2. The minimum atomic E-state index is -0.399. The molecule has 56 heavy (non-hydrogen) atoms. The average Bonchev–Trinajstić information content (AvgIpc) is 3.43. The summed E-state index contributed by atoms with van der Waals surface area (Å²) in [5.74, 6) is 4.40. The normalized spacial score (nSPS) is 13.4. The second-order valence-corrected chi connectivity index (χ2v) is 16.5. The summed E-state index contributed by atoms with van der Waals surface area (Å²) in [6.07, 6.45) is 12.0. The molecule has 0 bridgehead atoms. The summed E-state index contributed by atoms with van der Waals surface area (Å²) < 4.78 is 24.6. The zero-order valence-corrected chi connectivity index (χ0v) is 35.7. The number of nitrogens with two attached hydrogens (primary N) is 1. The van der Waals surface area contributed by atoms with Gasteiger partial charge in [0.15, 0.2) is 5.12 Å². The second-order valence-electron chi connectivity index (χ2n) is 14.7. The monoisotopic (exact) mass is 806 g/mol. The van der Waals surface area contributed by atoms with Gasteiger partial charge in [0.1, 0.15) is 23.0 Å². The summed E-state index contributed by atoms with van der Waals surface area (Å²) >= 11 is 5.72. The highest BCUT2D eigenvalue weighted by Gasteiger charge is 2.38. The zero-order chi connectivity index (χ0) is 40.5. The van der Waals surface area contributed by atoms with Crippen LogP contribution in [0.3, 0.4) is 0 Å². The van der Waals surface area contributed by atoms with Gasteiger partial charge in [0.2, 0.25) is 0 Å². The molecule has 306 valence electrons. The maximum Gasteiger partial charge on any atom is 0.261 e. The van der Waals surface area contributed by atoms with E-state index < -0.39 is 6.04 Å². The Morgan fingerprint density at radius 1 is 0.696 bits per heavy atom. The minimum absolute atomic E-state index is 0.0284. The number of thiol groups is 1. The van der Waals surface area contributed by atoms with E-state index in [2.05, 4.69) is 24.8 Å². The highest BCUT2D eigenvalue weighted by Crippen LogP contribution is 2.35. The molecule has 0 radical (unpaired) electrons. The number of unbranched alkanes of at least 4 members (excludes halogenated alkanes) is 6. The summed E-state index contributed by atoms with van der Waals surface area (Å²) in [4.78, 5) is 39.2. The number of amides is 2. The molecule has 4 rings (SSSR count). The highest BCUT2D eigenvalue weighted by molar-refractivity contribution is 8.13. The molecular weight excluding hydrogens is 745 g/mol. The molecule has 1 aliphatic heterocycles. The maximum absolute atomic E-state index is 13.3. The van der Waals surface area contributed by atoms with E-state index in [-0.39, 0.29) is 23.0 Å². The molecule has 0 aliphatic carbocycles. The lowest BCUT2D eigenvalue weighted by Gasteiger charge is -2.24. The van der Waals surface area contributed by atoms with Crippen molar-refractivity contribution in [3.8, 4) is 23.0 Å². The largest absolute Gasteiger partial charge is 0.496 e. The molecule has 9 nitrogen and oxygen atoms in total. The van der Waals surface area contributed by atoms with Crippen LogP contribution in [0.5, 0.6) is 23.0 Å². The standard InChI is InChI=1S/C45H62N2O7S2/c1-31(46)25-36-29-40(51-4)34(17-10-6-8-14-23-55)28-43(36)54-22-16-21-53-42-30-37(26-32(2)47-44(49)38-19-12-13-20-39(38)45(47)50)41(52-5)27-35(42)18-11-7-9-15-24-56-33(3)48/h12-13,19-20,27-32,55H,6-11,14-18,21-26,46H2,1-5H3. The van der Waals surface area contributed by atoms with Crippen molar-refractivity contribution in [3.05, 3.63) is 81.9 Å². The number of hydrogen-bond donors (Lipinski definition) is 2. The van der Waals surface area contributed by atoms with Crippen LogP contribution in [0.4, 0.5) is 0 Å². The van der Waals surface area contributed by atoms with Gasteiger partial charge in [0.25, 0.3) is 11.8 Å². The SMILES string of the molecule is COc1cc(CC(C)N)c(OCCCOc2cc(CC(C)N3C(=O)c4ccccc4C3=O)c(OC)cc2CCCCCCSC(C)=O)cc1CCCCCCS. The van der Waals surface area contributed by atoms with Gasteiger partial charge < -0.3 is 24.7 Å². The Hall–Kier alpha value is -3.67. The van der Waals surface area contributed by atoms with Crippen molar-refractivity contribution in [2.75, 3.05) is 38.9 Å². The first-order chi connectivity index (χ1) is 27.1. The van der Waals surface area contributed by atoms with Crippen molar-refractivity contribution in [3.63, 3.8) is 0 Å². The number of aryl methyl sites for hydroxylation is 2. The summed E-state index contributed by atoms with van der Waals surface area (Å²) in [5.41, 5.74) is 11.2. The van der Waals surface area contributed by atoms with Crippen molar-refractivity contribution in [1.82, 2.24) is 4.90 Å². The van der Waals surface area contributed by atoms with Gasteiger partial charge >= 0.3 is 0 Å². The van der Waals surface area contributed by atoms with Gasteiger partial charge in [-0.25, -0.2) is 0 Å². The number of carbonyl (C=O) groups excluding carboxylic acids is 3. The molecule has 2 unspecified atom stereocenters. The number of ether oxygens (including phenoxy) is 4. The Labute approximate surface area is 344 Å². The van der Waals surface area contributed by atoms with Crippen LogP contribution in [0.25, 0.3) is 0 Å². The molecule has 2 atom stereocenters. The molecule has 2 N–H and O–H groups in total. The van der Waals surface area contributed by atoms with E-state index in [0.29, 0.717) is 49.4 Å². The minimum Gasteiger partial charge on any atom is -0.496 e. The number of nitrogens with zero attached hydrogens (tertiary/aromatic N) is 1. The van der Waals surface area contributed by atoms with Crippen LogP contribution in [0.2, 0.25) is 0 Å². The fraction of sp³-hybridized carbons (Fsp3) is 0.533. The predicted molar refractivity (Wildman–Crippen MR) is 230 cm³/mol. The molecule has 1 aliphatic rings. The van der Waals surface area contributed by atoms with Gasteiger partial charge in [-0.1, -0.05) is 49.6 Å². The number of fused-ring (bicyclic) bond motifs is 1. The third kappa shape index (κ3) is 13.2. The summed E-state index contributed by atoms with van der Waals surface area (Å²) in [5, 5.41) is 0.159. The molecule has 0 spiro atoms. The van der Waals surface area contributed by atoms with Crippen LogP contribution < -0.4 is 24.7 Å². The van der Waals surface area contributed by atoms with Crippen LogP contribution in [-0.4, -0.2) is 72.9 Å². The average molecular weight is 807 g/mol. The molecule has 0 saturated carbocycles. The topological polar surface area (TPSA) is 117 Å². The zero-order valence-electron chi connectivity index (χ0n) is 34.0. The molecule has 11 heteroatoms. The van der Waals surface area contributed by atoms with Crippen molar-refractivity contribution >= 4 is 41.3 Å². The number of imide groups is 1. The molecular formula is C45H62N2O7S2. The van der Waals surface area contributed by atoms with Gasteiger partial charge in [0.05, 0.1) is 38.6 Å². The van der Waals surface area contributed by atoms with Crippen molar-refractivity contribution < 1.29 is 33.3 Å². The van der Waals surface area contributed by atoms with Gasteiger partial charge in [-0.3, -0.25) is 19.3 Å². The lowest BCUT2D eigenvalue weighted by molar-refractivity contribution is -0.109. The lowest BCUT2D eigenvalue weighted by Crippen LogP contribution is -2.39. The van der Waals surface area contributed by atoms with Crippen molar-refractivity contribution in [2.45, 2.75) is 116 Å². The Balaban J connectivity index is 1.46. The number of thioether (sulfide) groups is 1. The smallest absolute Gasteiger partial charge is 0.261 e. The van der Waals surface area contributed by atoms with E-state index in [1.165, 1.54) is 23.1 Å². The van der Waals surface area contributed by atoms with E-state index in [0.717, 1.165) is 109 Å². The molecule has 3 aromatic carbocycles. The summed E-state index contributed by atoms with van der Waals surface area (Å²) in [6, 6.07) is 14.8. The number of benzene rings is 3. The van der Waals surface area contributed by atoms with Crippen LogP contribution in [0.15, 0.2) is 48.5 Å². The fourth-order valence-corrected chi connectivity index (χ4v) is 8.06. The molecule has 3 aromatic rings. The first-order valence-electron chi connectivity index (χ1n) is 20.2. The Kier molecular flexibility index (Phi) is 18.9. The molecule has 0 saturated heterocycles. The lowest BCUT2D eigenvalue weighted by atomic mass is 9.98. The van der Waals surface area contributed by atoms with E-state index in [9.17, 15) is 14.4 Å². The Bertz CT molecular complexity index is 1710. The van der Waals surface area contributed by atoms with E-state index >= 15 is 0 Å². The summed E-state index contributed by atoms with van der Waals surface area (Å²) in [6.45, 7) is 6.40. The third-order valence-electron chi connectivity index (χ3n) is 10.1. The third-order valence-corrected chi connectivity index (χ3v) is 11.3. The van der Waals surface area contributed by atoms with E-state index in [1.54, 1.807) is 45.4 Å². The quantitative estimate of drug-likeness (QED) is 0.0466. The van der Waals surface area contributed by atoms with Crippen LogP contribution >= 0.6 is 24.4 Å². The number of carbonyl (C=O) groups is 3. The van der Waals surface area contributed by atoms with Crippen molar-refractivity contribution in [2.24, 2.45) is 5.73 Å². The first-order valence-corrected chi connectivity index (χ1v) is 21.8. The first kappa shape index (κ1) is 45.0. The van der Waals surface area contributed by atoms with Gasteiger partial charge in [-0.15, -0.1) is 0 Å². The van der Waals surface area contributed by atoms with Gasteiger partial charge in [-0.2, -0.15) is 12.6 Å². The van der Waals surface area contributed by atoms with E-state index in [4.69, 9.17) is 24.7 Å². The van der Waals surface area contributed by atoms with Crippen LogP contribution in [-0.2, 0) is 30.5 Å². The Morgan fingerprint density at radius 2 is 1.18 bits per heavy atom. The highest BCUT2D eigenvalue weighted by atomic mass is 32.2. The van der Waals surface area contributed by atoms with Crippen molar-refractivity contribution in [1.29, 1.82) is 0 Å². The maximum atomic E-state index is 13.3. The van der Waals surface area contributed by atoms with Crippen LogP contribution in [0, 0.1) is 0 Å². The molecule has 0 fully saturated rings. The summed E-state index contributed by atoms with van der Waals surface area (Å²) in [7, 11) is 3.36. The predicted octanol–water partition coefficient (Wildman–Crippen LogP) is 9.08. The molecule has 2 amide bonds. The van der Waals surface area contributed by atoms with Gasteiger partial charge in [-0.05, 0) is 130 Å². The fourth-order valence-electron chi connectivity index (χ4n) is 7.20. The van der Waals surface area contributed by atoms with Gasteiger partial charge in [0, 0.05) is 31.2 Å². The molecule has 1 heterocycles. The second kappa shape index (κ2) is 23.5. The number of hydrogen-bond acceptors (Lipinski definition) is 10. The Morgan fingerprint density at radius 3 is 1.75 bits per heavy atom. The van der Waals surface area contributed by atoms with Crippen LogP contribution in [0.1, 0.15) is 122 Å².